The Balaban J connectivity index is 2.39. The third-order valence-electron chi connectivity index (χ3n) is 2.63. The van der Waals surface area contributed by atoms with Gasteiger partial charge in [-0.1, -0.05) is 25.1 Å². The third-order valence-corrected chi connectivity index (χ3v) is 2.63. The van der Waals surface area contributed by atoms with Crippen LogP contribution in [0.5, 0.6) is 5.75 Å². The molecule has 0 aliphatic carbocycles. The van der Waals surface area contributed by atoms with Gasteiger partial charge in [-0.3, -0.25) is 4.79 Å². The molecule has 0 aromatic heterocycles. The van der Waals surface area contributed by atoms with Gasteiger partial charge in [0.05, 0.1) is 13.2 Å². The van der Waals surface area contributed by atoms with E-state index in [0.29, 0.717) is 19.6 Å². The van der Waals surface area contributed by atoms with E-state index in [1.807, 2.05) is 24.3 Å². The molecule has 100 valence electrons. The van der Waals surface area contributed by atoms with E-state index in [-0.39, 0.29) is 5.97 Å². The largest absolute Gasteiger partial charge is 0.493 e. The highest BCUT2D eigenvalue weighted by molar-refractivity contribution is 5.75. The second kappa shape index (κ2) is 7.71. The van der Waals surface area contributed by atoms with Crippen LogP contribution >= 0.6 is 0 Å². The standard InChI is InChI=1S/C14H21NO3/c1-3-11-7-5-6-8-13(11)18-10-9-12(15)14(16)17-4-2/h5-8,12H,3-4,9-10,15H2,1-2H3. The molecular formula is C14H21NO3. The Morgan fingerprint density at radius 3 is 2.72 bits per heavy atom. The molecule has 2 N–H and O–H groups in total. The third kappa shape index (κ3) is 4.37. The fourth-order valence-electron chi connectivity index (χ4n) is 1.60. The van der Waals surface area contributed by atoms with Crippen molar-refractivity contribution in [3.63, 3.8) is 0 Å². The van der Waals surface area contributed by atoms with Gasteiger partial charge in [0.15, 0.2) is 0 Å². The van der Waals surface area contributed by atoms with E-state index in [0.717, 1.165) is 17.7 Å². The lowest BCUT2D eigenvalue weighted by molar-refractivity contribution is -0.145. The molecule has 0 saturated carbocycles. The number of esters is 1. The Morgan fingerprint density at radius 1 is 1.33 bits per heavy atom. The summed E-state index contributed by atoms with van der Waals surface area (Å²) >= 11 is 0. The molecule has 0 heterocycles. The summed E-state index contributed by atoms with van der Waals surface area (Å²) in [6.45, 7) is 4.61. The van der Waals surface area contributed by atoms with Crippen LogP contribution in [0, 0.1) is 0 Å². The van der Waals surface area contributed by atoms with Crippen molar-refractivity contribution >= 4 is 5.97 Å². The van der Waals surface area contributed by atoms with Crippen LogP contribution in [-0.4, -0.2) is 25.2 Å². The Hall–Kier alpha value is -1.55. The molecule has 4 nitrogen and oxygen atoms in total. The van der Waals surface area contributed by atoms with E-state index in [9.17, 15) is 4.79 Å². The molecule has 4 heteroatoms. The molecule has 0 aliphatic rings. The van der Waals surface area contributed by atoms with Crippen LogP contribution in [0.4, 0.5) is 0 Å². The molecule has 18 heavy (non-hydrogen) atoms. The summed E-state index contributed by atoms with van der Waals surface area (Å²) in [5.74, 6) is 0.487. The molecule has 0 aliphatic heterocycles. The molecule has 0 bridgehead atoms. The minimum Gasteiger partial charge on any atom is -0.493 e. The number of ether oxygens (including phenoxy) is 2. The zero-order valence-corrected chi connectivity index (χ0v) is 11.0. The van der Waals surface area contributed by atoms with Crippen LogP contribution in [0.3, 0.4) is 0 Å². The van der Waals surface area contributed by atoms with Crippen LogP contribution < -0.4 is 10.5 Å². The number of aryl methyl sites for hydroxylation is 1. The highest BCUT2D eigenvalue weighted by atomic mass is 16.5. The van der Waals surface area contributed by atoms with Gasteiger partial charge in [0.2, 0.25) is 0 Å². The van der Waals surface area contributed by atoms with Gasteiger partial charge in [-0.15, -0.1) is 0 Å². The summed E-state index contributed by atoms with van der Waals surface area (Å²) in [6, 6.07) is 7.25. The topological polar surface area (TPSA) is 61.5 Å². The van der Waals surface area contributed by atoms with Crippen molar-refractivity contribution in [2.45, 2.75) is 32.7 Å². The zero-order valence-electron chi connectivity index (χ0n) is 11.0. The Morgan fingerprint density at radius 2 is 2.06 bits per heavy atom. The highest BCUT2D eigenvalue weighted by Gasteiger charge is 2.14. The first-order valence-electron chi connectivity index (χ1n) is 6.32. The second-order valence-corrected chi connectivity index (χ2v) is 3.96. The maximum Gasteiger partial charge on any atom is 0.323 e. The van der Waals surface area contributed by atoms with Crippen molar-refractivity contribution in [1.82, 2.24) is 0 Å². The van der Waals surface area contributed by atoms with Crippen molar-refractivity contribution in [3.05, 3.63) is 29.8 Å². The molecule has 1 aromatic carbocycles. The molecule has 1 aromatic rings. The fourth-order valence-corrected chi connectivity index (χ4v) is 1.60. The van der Waals surface area contributed by atoms with Crippen molar-refractivity contribution in [2.24, 2.45) is 5.73 Å². The molecule has 0 amide bonds. The van der Waals surface area contributed by atoms with Crippen molar-refractivity contribution in [2.75, 3.05) is 13.2 Å². The predicted molar refractivity (Wildman–Crippen MR) is 70.5 cm³/mol. The molecule has 0 spiro atoms. The van der Waals surface area contributed by atoms with Crippen LogP contribution in [-0.2, 0) is 16.0 Å². The number of benzene rings is 1. The highest BCUT2D eigenvalue weighted by Crippen LogP contribution is 2.18. The Kier molecular flexibility index (Phi) is 6.22. The second-order valence-electron chi connectivity index (χ2n) is 3.96. The van der Waals surface area contributed by atoms with Gasteiger partial charge in [-0.2, -0.15) is 0 Å². The molecule has 0 radical (unpaired) electrons. The van der Waals surface area contributed by atoms with E-state index in [1.165, 1.54) is 0 Å². The number of rotatable bonds is 7. The number of hydrogen-bond acceptors (Lipinski definition) is 4. The maximum atomic E-state index is 11.3. The first kappa shape index (κ1) is 14.5. The Bertz CT molecular complexity index is 379. The smallest absolute Gasteiger partial charge is 0.323 e. The molecule has 1 rings (SSSR count). The number of nitrogens with two attached hydrogens (primary N) is 1. The zero-order chi connectivity index (χ0) is 13.4. The van der Waals surface area contributed by atoms with Gasteiger partial charge in [-0.05, 0) is 25.0 Å². The minimum atomic E-state index is -0.612. The number of para-hydroxylation sites is 1. The van der Waals surface area contributed by atoms with Crippen LogP contribution in [0.25, 0.3) is 0 Å². The lowest BCUT2D eigenvalue weighted by Crippen LogP contribution is -2.33. The van der Waals surface area contributed by atoms with Crippen LogP contribution in [0.15, 0.2) is 24.3 Å². The average Bonchev–Trinajstić information content (AvgIpc) is 2.39. The summed E-state index contributed by atoms with van der Waals surface area (Å²) in [5.41, 5.74) is 6.84. The summed E-state index contributed by atoms with van der Waals surface area (Å²) in [6.07, 6.45) is 1.37. The van der Waals surface area contributed by atoms with Gasteiger partial charge >= 0.3 is 5.97 Å². The van der Waals surface area contributed by atoms with E-state index in [4.69, 9.17) is 15.2 Å². The maximum absolute atomic E-state index is 11.3. The van der Waals surface area contributed by atoms with E-state index < -0.39 is 6.04 Å². The quantitative estimate of drug-likeness (QED) is 0.752. The lowest BCUT2D eigenvalue weighted by Gasteiger charge is -2.13. The number of carbonyl (C=O) groups is 1. The normalized spacial score (nSPS) is 11.9. The molecule has 0 fully saturated rings. The Labute approximate surface area is 108 Å². The van der Waals surface area contributed by atoms with Crippen LogP contribution in [0.2, 0.25) is 0 Å². The number of hydrogen-bond donors (Lipinski definition) is 1. The predicted octanol–water partition coefficient (Wildman–Crippen LogP) is 1.91. The SMILES string of the molecule is CCOC(=O)C(N)CCOc1ccccc1CC. The molecule has 0 saturated heterocycles. The van der Waals surface area contributed by atoms with Crippen molar-refractivity contribution < 1.29 is 14.3 Å². The van der Waals surface area contributed by atoms with Crippen molar-refractivity contribution in [3.8, 4) is 5.75 Å². The van der Waals surface area contributed by atoms with Crippen LogP contribution in [0.1, 0.15) is 25.8 Å². The molecule has 1 unspecified atom stereocenters. The minimum absolute atomic E-state index is 0.353. The fraction of sp³-hybridized carbons (Fsp3) is 0.500. The van der Waals surface area contributed by atoms with Gasteiger partial charge in [-0.25, -0.2) is 0 Å². The number of carbonyl (C=O) groups excluding carboxylic acids is 1. The first-order chi connectivity index (χ1) is 8.69. The van der Waals surface area contributed by atoms with Gasteiger partial charge in [0.1, 0.15) is 11.8 Å². The molecule has 1 atom stereocenters. The first-order valence-corrected chi connectivity index (χ1v) is 6.32. The van der Waals surface area contributed by atoms with Crippen molar-refractivity contribution in [1.29, 1.82) is 0 Å². The van der Waals surface area contributed by atoms with Gasteiger partial charge in [0, 0.05) is 6.42 Å². The summed E-state index contributed by atoms with van der Waals surface area (Å²) in [7, 11) is 0. The average molecular weight is 251 g/mol. The lowest BCUT2D eigenvalue weighted by atomic mass is 10.1. The monoisotopic (exact) mass is 251 g/mol. The summed E-state index contributed by atoms with van der Waals surface area (Å²) in [4.78, 5) is 11.3. The van der Waals surface area contributed by atoms with Gasteiger partial charge < -0.3 is 15.2 Å². The van der Waals surface area contributed by atoms with E-state index in [2.05, 4.69) is 6.92 Å². The van der Waals surface area contributed by atoms with Gasteiger partial charge in [0.25, 0.3) is 0 Å². The van der Waals surface area contributed by atoms with E-state index in [1.54, 1.807) is 6.92 Å². The molecular weight excluding hydrogens is 230 g/mol. The summed E-state index contributed by atoms with van der Waals surface area (Å²) in [5, 5.41) is 0. The van der Waals surface area contributed by atoms with E-state index >= 15 is 0 Å². The summed E-state index contributed by atoms with van der Waals surface area (Å²) < 4.78 is 10.5.